The fourth-order valence-corrected chi connectivity index (χ4v) is 3.52. The van der Waals surface area contributed by atoms with Gasteiger partial charge in [-0.3, -0.25) is 9.88 Å². The van der Waals surface area contributed by atoms with Gasteiger partial charge in [0.1, 0.15) is 0 Å². The Kier molecular flexibility index (Phi) is 4.19. The summed E-state index contributed by atoms with van der Waals surface area (Å²) in [7, 11) is 0. The maximum atomic E-state index is 9.09. The molecule has 0 amide bonds. The highest BCUT2D eigenvalue weighted by Crippen LogP contribution is 2.35. The van der Waals surface area contributed by atoms with Gasteiger partial charge in [-0.25, -0.2) is 0 Å². The van der Waals surface area contributed by atoms with Crippen LogP contribution in [0.1, 0.15) is 29.9 Å². The van der Waals surface area contributed by atoms with Gasteiger partial charge < -0.3 is 10.8 Å². The lowest BCUT2D eigenvalue weighted by Crippen LogP contribution is -2.48. The molecule has 2 heterocycles. The van der Waals surface area contributed by atoms with E-state index < -0.39 is 0 Å². The first-order valence-corrected chi connectivity index (χ1v) is 7.64. The zero-order chi connectivity index (χ0) is 14.8. The molecule has 1 saturated heterocycles. The third-order valence-electron chi connectivity index (χ3n) is 4.59. The molecule has 112 valence electrons. The van der Waals surface area contributed by atoms with Gasteiger partial charge in [-0.15, -0.1) is 0 Å². The highest BCUT2D eigenvalue weighted by Gasteiger charge is 2.27. The summed E-state index contributed by atoms with van der Waals surface area (Å²) in [5.74, 6) is 0.486. The van der Waals surface area contributed by atoms with Gasteiger partial charge in [0.15, 0.2) is 0 Å². The Balaban J connectivity index is 1.92. The zero-order valence-electron chi connectivity index (χ0n) is 12.5. The molecule has 1 fully saturated rings. The van der Waals surface area contributed by atoms with E-state index in [0.717, 1.165) is 19.4 Å². The Morgan fingerprint density at radius 1 is 1.38 bits per heavy atom. The molecule has 0 radical (unpaired) electrons. The van der Waals surface area contributed by atoms with Gasteiger partial charge in [-0.2, -0.15) is 0 Å². The number of pyridine rings is 1. The van der Waals surface area contributed by atoms with Crippen molar-refractivity contribution in [3.63, 3.8) is 0 Å². The molecule has 1 aliphatic heterocycles. The first-order chi connectivity index (χ1) is 10.2. The number of aromatic nitrogens is 1. The lowest BCUT2D eigenvalue weighted by Gasteiger charge is -2.37. The number of hydrogen-bond donors (Lipinski definition) is 2. The Bertz CT molecular complexity index is 623. The van der Waals surface area contributed by atoms with Crippen LogP contribution in [0.4, 0.5) is 0 Å². The van der Waals surface area contributed by atoms with Crippen LogP contribution in [0, 0.1) is 6.92 Å². The molecule has 0 saturated carbocycles. The smallest absolute Gasteiger partial charge is 0.0578 e. The van der Waals surface area contributed by atoms with Crippen molar-refractivity contribution < 1.29 is 5.11 Å². The molecule has 0 aliphatic carbocycles. The van der Waals surface area contributed by atoms with Gasteiger partial charge in [0.05, 0.1) is 12.8 Å². The van der Waals surface area contributed by atoms with Crippen LogP contribution in [-0.2, 0) is 0 Å². The fourth-order valence-electron chi connectivity index (χ4n) is 3.52. The van der Waals surface area contributed by atoms with Crippen molar-refractivity contribution in [1.82, 2.24) is 9.88 Å². The summed E-state index contributed by atoms with van der Waals surface area (Å²) in [5.41, 5.74) is 8.90. The highest BCUT2D eigenvalue weighted by molar-refractivity contribution is 5.88. The molecular weight excluding hydrogens is 262 g/mol. The first-order valence-electron chi connectivity index (χ1n) is 7.64. The number of aryl methyl sites for hydroxylation is 1. The SMILES string of the molecule is Cc1cncc2cccc(C3CCN(CCO)C(N)C3)c12. The summed E-state index contributed by atoms with van der Waals surface area (Å²) >= 11 is 0. The number of piperidine rings is 1. The number of hydrogen-bond acceptors (Lipinski definition) is 4. The predicted octanol–water partition coefficient (Wildman–Crippen LogP) is 2.00. The molecule has 3 N–H and O–H groups in total. The van der Waals surface area contributed by atoms with E-state index in [1.807, 2.05) is 12.4 Å². The van der Waals surface area contributed by atoms with Crippen molar-refractivity contribution in [1.29, 1.82) is 0 Å². The number of nitrogens with two attached hydrogens (primary N) is 1. The Morgan fingerprint density at radius 3 is 3.00 bits per heavy atom. The second kappa shape index (κ2) is 6.10. The van der Waals surface area contributed by atoms with Crippen molar-refractivity contribution in [2.75, 3.05) is 19.7 Å². The van der Waals surface area contributed by atoms with E-state index in [1.54, 1.807) is 0 Å². The average molecular weight is 285 g/mol. The van der Waals surface area contributed by atoms with Crippen molar-refractivity contribution in [2.24, 2.45) is 5.73 Å². The molecule has 0 bridgehead atoms. The Hall–Kier alpha value is -1.49. The van der Waals surface area contributed by atoms with E-state index >= 15 is 0 Å². The lowest BCUT2D eigenvalue weighted by atomic mass is 9.84. The van der Waals surface area contributed by atoms with Gasteiger partial charge in [0.25, 0.3) is 0 Å². The number of nitrogens with zero attached hydrogens (tertiary/aromatic N) is 2. The molecule has 0 spiro atoms. The lowest BCUT2D eigenvalue weighted by molar-refractivity contribution is 0.110. The summed E-state index contributed by atoms with van der Waals surface area (Å²) in [5, 5.41) is 11.6. The molecule has 3 rings (SSSR count). The fraction of sp³-hybridized carbons (Fsp3) is 0.471. The van der Waals surface area contributed by atoms with Gasteiger partial charge in [-0.1, -0.05) is 18.2 Å². The molecule has 1 aromatic heterocycles. The molecule has 21 heavy (non-hydrogen) atoms. The van der Waals surface area contributed by atoms with E-state index in [9.17, 15) is 0 Å². The molecule has 1 aliphatic rings. The molecular formula is C17H23N3O. The summed E-state index contributed by atoms with van der Waals surface area (Å²) < 4.78 is 0. The molecule has 4 heteroatoms. The van der Waals surface area contributed by atoms with E-state index in [1.165, 1.54) is 21.9 Å². The standard InChI is InChI=1S/C17H23N3O/c1-12-10-19-11-14-3-2-4-15(17(12)14)13-5-6-20(7-8-21)16(18)9-13/h2-4,10-11,13,16,21H,5-9,18H2,1H3. The van der Waals surface area contributed by atoms with E-state index in [-0.39, 0.29) is 12.8 Å². The van der Waals surface area contributed by atoms with E-state index in [0.29, 0.717) is 12.5 Å². The van der Waals surface area contributed by atoms with Crippen molar-refractivity contribution in [3.8, 4) is 0 Å². The first kappa shape index (κ1) is 14.4. The molecule has 2 unspecified atom stereocenters. The number of β-amino-alcohol motifs (C(OH)–C–C–N with tert-alkyl or cyclic N) is 1. The number of benzene rings is 1. The minimum Gasteiger partial charge on any atom is -0.395 e. The van der Waals surface area contributed by atoms with E-state index in [2.05, 4.69) is 35.0 Å². The Morgan fingerprint density at radius 2 is 2.24 bits per heavy atom. The molecule has 2 aromatic rings. The van der Waals surface area contributed by atoms with E-state index in [4.69, 9.17) is 10.8 Å². The second-order valence-electron chi connectivity index (χ2n) is 5.95. The van der Waals surface area contributed by atoms with Gasteiger partial charge >= 0.3 is 0 Å². The highest BCUT2D eigenvalue weighted by atomic mass is 16.3. The monoisotopic (exact) mass is 285 g/mol. The minimum absolute atomic E-state index is 0.0355. The Labute approximate surface area is 125 Å². The summed E-state index contributed by atoms with van der Waals surface area (Å²) in [6.07, 6.45) is 5.95. The van der Waals surface area contributed by atoms with Crippen molar-refractivity contribution in [2.45, 2.75) is 31.8 Å². The number of fused-ring (bicyclic) bond motifs is 1. The largest absolute Gasteiger partial charge is 0.395 e. The number of rotatable bonds is 3. The van der Waals surface area contributed by atoms with Crippen LogP contribution in [-0.4, -0.2) is 40.9 Å². The van der Waals surface area contributed by atoms with Crippen LogP contribution in [0.3, 0.4) is 0 Å². The minimum atomic E-state index is 0.0355. The third-order valence-corrected chi connectivity index (χ3v) is 4.59. The maximum Gasteiger partial charge on any atom is 0.0578 e. The second-order valence-corrected chi connectivity index (χ2v) is 5.95. The number of likely N-dealkylation sites (tertiary alicyclic amines) is 1. The average Bonchev–Trinajstić information content (AvgIpc) is 2.49. The van der Waals surface area contributed by atoms with Gasteiger partial charge in [0, 0.05) is 30.9 Å². The van der Waals surface area contributed by atoms with Crippen LogP contribution < -0.4 is 5.73 Å². The van der Waals surface area contributed by atoms with Crippen LogP contribution in [0.2, 0.25) is 0 Å². The molecule has 4 nitrogen and oxygen atoms in total. The van der Waals surface area contributed by atoms with Gasteiger partial charge in [-0.05, 0) is 42.2 Å². The zero-order valence-corrected chi connectivity index (χ0v) is 12.5. The molecule has 1 aromatic carbocycles. The van der Waals surface area contributed by atoms with Crippen LogP contribution in [0.25, 0.3) is 10.8 Å². The summed E-state index contributed by atoms with van der Waals surface area (Å²) in [6.45, 7) is 3.93. The summed E-state index contributed by atoms with van der Waals surface area (Å²) in [4.78, 5) is 6.47. The quantitative estimate of drug-likeness (QED) is 0.905. The van der Waals surface area contributed by atoms with Crippen LogP contribution in [0.5, 0.6) is 0 Å². The normalized spacial score (nSPS) is 23.6. The molecule has 2 atom stereocenters. The van der Waals surface area contributed by atoms with Crippen LogP contribution in [0.15, 0.2) is 30.6 Å². The summed E-state index contributed by atoms with van der Waals surface area (Å²) in [6, 6.07) is 6.47. The predicted molar refractivity (Wildman–Crippen MR) is 85.1 cm³/mol. The van der Waals surface area contributed by atoms with Crippen molar-refractivity contribution in [3.05, 3.63) is 41.7 Å². The third kappa shape index (κ3) is 2.79. The van der Waals surface area contributed by atoms with Gasteiger partial charge in [0.2, 0.25) is 0 Å². The van der Waals surface area contributed by atoms with Crippen molar-refractivity contribution >= 4 is 10.8 Å². The maximum absolute atomic E-state index is 9.09. The number of aliphatic hydroxyl groups is 1. The topological polar surface area (TPSA) is 62.4 Å². The van der Waals surface area contributed by atoms with Crippen LogP contribution >= 0.6 is 0 Å². The number of aliphatic hydroxyl groups excluding tert-OH is 1.